The van der Waals surface area contributed by atoms with Gasteiger partial charge in [0.25, 0.3) is 5.56 Å². The van der Waals surface area contributed by atoms with Crippen molar-refractivity contribution < 1.29 is 0 Å². The highest BCUT2D eigenvalue weighted by Crippen LogP contribution is 2.41. The smallest absolute Gasteiger partial charge is 0.307 e. The van der Waals surface area contributed by atoms with E-state index in [9.17, 15) is 9.59 Å². The van der Waals surface area contributed by atoms with Gasteiger partial charge in [0.2, 0.25) is 0 Å². The number of fused-ring (bicyclic) bond motifs is 8. The maximum absolute atomic E-state index is 14.5. The lowest BCUT2D eigenvalue weighted by atomic mass is 10.1. The highest BCUT2D eigenvalue weighted by atomic mass is 16.2. The van der Waals surface area contributed by atoms with Crippen molar-refractivity contribution in [1.29, 1.82) is 0 Å². The van der Waals surface area contributed by atoms with E-state index in [0.29, 0.717) is 22.3 Å². The van der Waals surface area contributed by atoms with Gasteiger partial charge in [-0.2, -0.15) is 0 Å². The summed E-state index contributed by atoms with van der Waals surface area (Å²) in [4.78, 5) is 28.7. The maximum Gasteiger partial charge on any atom is 0.340 e. The van der Waals surface area contributed by atoms with E-state index >= 15 is 0 Å². The number of rotatable bonds is 4. The molecule has 10 rings (SSSR count). The zero-order valence-corrected chi connectivity index (χ0v) is 26.8. The summed E-state index contributed by atoms with van der Waals surface area (Å²) in [7, 11) is 0. The minimum absolute atomic E-state index is 0.366. The van der Waals surface area contributed by atoms with Crippen LogP contribution in [0.15, 0.2) is 179 Å². The minimum atomic E-state index is -0.418. The molecule has 0 N–H and O–H groups in total. The zero-order valence-electron chi connectivity index (χ0n) is 26.8. The predicted molar refractivity (Wildman–Crippen MR) is 204 cm³/mol. The summed E-state index contributed by atoms with van der Waals surface area (Å²) in [6.45, 7) is 0. The Bertz CT molecular complexity index is 3060. The molecule has 3 heterocycles. The van der Waals surface area contributed by atoms with Crippen LogP contribution >= 0.6 is 0 Å². The fourth-order valence-corrected chi connectivity index (χ4v) is 7.69. The van der Waals surface area contributed by atoms with Gasteiger partial charge in [-0.15, -0.1) is 0 Å². The Morgan fingerprint density at radius 3 is 1.26 bits per heavy atom. The summed E-state index contributed by atoms with van der Waals surface area (Å²) in [5.74, 6) is 0. The first kappa shape index (κ1) is 28.1. The van der Waals surface area contributed by atoms with Crippen molar-refractivity contribution >= 4 is 54.5 Å². The van der Waals surface area contributed by atoms with Gasteiger partial charge in [-0.25, -0.2) is 9.36 Å². The second-order valence-electron chi connectivity index (χ2n) is 12.5. The quantitative estimate of drug-likeness (QED) is 0.192. The summed E-state index contributed by atoms with van der Waals surface area (Å²) >= 11 is 0. The monoisotopic (exact) mass is 644 g/mol. The van der Waals surface area contributed by atoms with Gasteiger partial charge in [-0.1, -0.05) is 103 Å². The molecular weight excluding hydrogens is 617 g/mol. The Labute approximate surface area is 285 Å². The normalized spacial score (nSPS) is 11.8. The molecule has 0 aliphatic carbocycles. The molecule has 3 aromatic heterocycles. The van der Waals surface area contributed by atoms with Crippen LogP contribution < -0.4 is 11.2 Å². The van der Waals surface area contributed by atoms with Crippen molar-refractivity contribution in [1.82, 2.24) is 18.3 Å². The van der Waals surface area contributed by atoms with Gasteiger partial charge in [-0.3, -0.25) is 9.36 Å². The first-order chi connectivity index (χ1) is 24.7. The van der Waals surface area contributed by atoms with Crippen LogP contribution in [0.2, 0.25) is 0 Å². The number of para-hydroxylation sites is 5. The van der Waals surface area contributed by atoms with Crippen molar-refractivity contribution in [2.24, 2.45) is 0 Å². The standard InChI is InChI=1S/C44H28N4O2/c49-43-37-28-32(24-27-40(37)47(30-16-6-2-7-17-30)44(50)48(43)31-18-8-3-9-19-31)46-39-23-13-11-21-34(39)36-26-25-35-33-20-10-12-22-38(33)45(41(35)42(36)46)29-14-4-1-5-15-29/h1-28H. The van der Waals surface area contributed by atoms with E-state index in [0.717, 1.165) is 49.6 Å². The van der Waals surface area contributed by atoms with E-state index in [1.165, 1.54) is 9.95 Å². The molecule has 0 aliphatic rings. The SMILES string of the molecule is O=c1c2cc(-n3c4ccccc4c4ccc5c6ccccc6n(-c6ccccc6)c5c43)ccc2n(-c2ccccc2)c(=O)n1-c1ccccc1. The molecule has 0 saturated heterocycles. The van der Waals surface area contributed by atoms with Crippen LogP contribution in [0.25, 0.3) is 77.3 Å². The van der Waals surface area contributed by atoms with E-state index < -0.39 is 5.69 Å². The van der Waals surface area contributed by atoms with Crippen molar-refractivity contribution in [2.45, 2.75) is 0 Å². The van der Waals surface area contributed by atoms with Gasteiger partial charge in [0.05, 0.1) is 44.3 Å². The molecule has 0 radical (unpaired) electrons. The second kappa shape index (κ2) is 10.8. The lowest BCUT2D eigenvalue weighted by Crippen LogP contribution is -2.38. The number of benzene rings is 7. The molecular formula is C44H28N4O2. The molecule has 0 atom stereocenters. The Balaban J connectivity index is 1.38. The molecule has 6 heteroatoms. The molecule has 0 unspecified atom stereocenters. The Kier molecular flexibility index (Phi) is 6.08. The molecule has 10 aromatic rings. The Hall–Kier alpha value is -6.92. The van der Waals surface area contributed by atoms with Gasteiger partial charge in [0.15, 0.2) is 0 Å². The van der Waals surface area contributed by atoms with Crippen LogP contribution in [-0.4, -0.2) is 18.3 Å². The third kappa shape index (κ3) is 3.96. The van der Waals surface area contributed by atoms with E-state index in [1.807, 2.05) is 72.8 Å². The van der Waals surface area contributed by atoms with E-state index in [1.54, 1.807) is 16.7 Å². The third-order valence-electron chi connectivity index (χ3n) is 9.81. The van der Waals surface area contributed by atoms with Crippen molar-refractivity contribution in [2.75, 3.05) is 0 Å². The van der Waals surface area contributed by atoms with Gasteiger partial charge >= 0.3 is 5.69 Å². The van der Waals surface area contributed by atoms with Gasteiger partial charge in [0, 0.05) is 32.9 Å². The number of nitrogens with zero attached hydrogens (tertiary/aromatic N) is 4. The molecule has 0 saturated carbocycles. The minimum Gasteiger partial charge on any atom is -0.307 e. The lowest BCUT2D eigenvalue weighted by Gasteiger charge is -2.16. The zero-order chi connectivity index (χ0) is 33.3. The van der Waals surface area contributed by atoms with Crippen LogP contribution in [0.4, 0.5) is 0 Å². The van der Waals surface area contributed by atoms with E-state index in [4.69, 9.17) is 0 Å². The summed E-state index contributed by atoms with van der Waals surface area (Å²) < 4.78 is 7.52. The molecule has 7 aromatic carbocycles. The van der Waals surface area contributed by atoms with Crippen molar-refractivity contribution in [3.8, 4) is 22.7 Å². The van der Waals surface area contributed by atoms with Crippen LogP contribution in [0, 0.1) is 0 Å². The van der Waals surface area contributed by atoms with Crippen LogP contribution in [-0.2, 0) is 0 Å². The molecule has 6 nitrogen and oxygen atoms in total. The summed E-state index contributed by atoms with van der Waals surface area (Å²) in [5, 5.41) is 4.98. The summed E-state index contributed by atoms with van der Waals surface area (Å²) in [6.07, 6.45) is 0. The highest BCUT2D eigenvalue weighted by molar-refractivity contribution is 6.23. The lowest BCUT2D eigenvalue weighted by molar-refractivity contribution is 0.834. The van der Waals surface area contributed by atoms with Gasteiger partial charge in [0.1, 0.15) is 0 Å². The molecule has 0 fully saturated rings. The predicted octanol–water partition coefficient (Wildman–Crippen LogP) is 9.34. The molecule has 0 aliphatic heterocycles. The Morgan fingerprint density at radius 2 is 0.720 bits per heavy atom. The highest BCUT2D eigenvalue weighted by Gasteiger charge is 2.22. The van der Waals surface area contributed by atoms with Crippen molar-refractivity contribution in [3.63, 3.8) is 0 Å². The first-order valence-electron chi connectivity index (χ1n) is 16.6. The molecule has 0 bridgehead atoms. The summed E-state index contributed by atoms with van der Waals surface area (Å²) in [6, 6.07) is 56.3. The molecule has 50 heavy (non-hydrogen) atoms. The molecule has 0 amide bonds. The largest absolute Gasteiger partial charge is 0.340 e. The number of hydrogen-bond donors (Lipinski definition) is 0. The molecule has 236 valence electrons. The average Bonchev–Trinajstić information content (AvgIpc) is 3.69. The van der Waals surface area contributed by atoms with Gasteiger partial charge in [-0.05, 0) is 66.7 Å². The topological polar surface area (TPSA) is 53.9 Å². The summed E-state index contributed by atoms with van der Waals surface area (Å²) in [5.41, 5.74) is 7.14. The maximum atomic E-state index is 14.5. The van der Waals surface area contributed by atoms with Crippen LogP contribution in [0.1, 0.15) is 0 Å². The molecule has 0 spiro atoms. The fraction of sp³-hybridized carbons (Fsp3) is 0. The van der Waals surface area contributed by atoms with Crippen molar-refractivity contribution in [3.05, 3.63) is 191 Å². The average molecular weight is 645 g/mol. The van der Waals surface area contributed by atoms with Gasteiger partial charge < -0.3 is 9.13 Å². The van der Waals surface area contributed by atoms with Crippen LogP contribution in [0.5, 0.6) is 0 Å². The van der Waals surface area contributed by atoms with Crippen LogP contribution in [0.3, 0.4) is 0 Å². The fourth-order valence-electron chi connectivity index (χ4n) is 7.69. The third-order valence-corrected chi connectivity index (χ3v) is 9.81. The second-order valence-corrected chi connectivity index (χ2v) is 12.5. The van der Waals surface area contributed by atoms with E-state index in [2.05, 4.69) is 94.1 Å². The van der Waals surface area contributed by atoms with E-state index in [-0.39, 0.29) is 5.56 Å². The number of hydrogen-bond acceptors (Lipinski definition) is 2. The number of aromatic nitrogens is 4. The Morgan fingerprint density at radius 1 is 0.300 bits per heavy atom. The first-order valence-corrected chi connectivity index (χ1v) is 16.6.